The highest BCUT2D eigenvalue weighted by Gasteiger charge is 2.60. The van der Waals surface area contributed by atoms with E-state index < -0.39 is 5.54 Å². The fourth-order valence-electron chi connectivity index (χ4n) is 1.98. The van der Waals surface area contributed by atoms with Crippen LogP contribution >= 0.6 is 0 Å². The fraction of sp³-hybridized carbons (Fsp3) is 0.333. The van der Waals surface area contributed by atoms with Gasteiger partial charge in [0, 0.05) is 12.1 Å². The maximum Gasteiger partial charge on any atom is 0.334 e. The van der Waals surface area contributed by atoms with Crippen molar-refractivity contribution in [1.29, 1.82) is 0 Å². The van der Waals surface area contributed by atoms with Crippen molar-refractivity contribution in [3.63, 3.8) is 0 Å². The Bertz CT molecular complexity index is 467. The molecule has 0 saturated heterocycles. The van der Waals surface area contributed by atoms with E-state index in [1.165, 1.54) is 0 Å². The van der Waals surface area contributed by atoms with Crippen LogP contribution in [0.4, 0.5) is 0 Å². The summed E-state index contributed by atoms with van der Waals surface area (Å²) in [6.45, 7) is 5.92. The highest BCUT2D eigenvalue weighted by atomic mass is 16.5. The summed E-state index contributed by atoms with van der Waals surface area (Å²) in [5, 5.41) is 0. The van der Waals surface area contributed by atoms with Crippen molar-refractivity contribution in [3.8, 4) is 0 Å². The number of carbonyl (C=O) groups is 1. The molecule has 0 aliphatic heterocycles. The van der Waals surface area contributed by atoms with Gasteiger partial charge in [-0.1, -0.05) is 36.4 Å². The second-order valence-electron chi connectivity index (χ2n) is 4.36. The van der Waals surface area contributed by atoms with Crippen LogP contribution in [0.15, 0.2) is 48.0 Å². The minimum Gasteiger partial charge on any atom is -0.464 e. The van der Waals surface area contributed by atoms with Crippen LogP contribution in [-0.4, -0.2) is 24.3 Å². The Balaban J connectivity index is 2.16. The Kier molecular flexibility index (Phi) is 3.60. The predicted molar refractivity (Wildman–Crippen MR) is 71.7 cm³/mol. The summed E-state index contributed by atoms with van der Waals surface area (Å²) in [5.74, 6) is -0.154. The summed E-state index contributed by atoms with van der Waals surface area (Å²) >= 11 is 0. The number of esters is 1. The van der Waals surface area contributed by atoms with E-state index in [1.807, 2.05) is 30.3 Å². The molecular weight excluding hydrogens is 226 g/mol. The molecule has 2 atom stereocenters. The third-order valence-corrected chi connectivity index (χ3v) is 3.14. The van der Waals surface area contributed by atoms with Crippen LogP contribution in [0.2, 0.25) is 0 Å². The summed E-state index contributed by atoms with van der Waals surface area (Å²) in [5.41, 5.74) is 0.254. The highest BCUT2D eigenvalue weighted by molar-refractivity contribution is 5.90. The Morgan fingerprint density at radius 3 is 2.83 bits per heavy atom. The molecule has 3 heteroatoms. The molecule has 0 amide bonds. The number of rotatable bonds is 5. The van der Waals surface area contributed by atoms with Gasteiger partial charge < -0.3 is 4.74 Å². The third-order valence-electron chi connectivity index (χ3n) is 3.14. The highest BCUT2D eigenvalue weighted by Crippen LogP contribution is 2.48. The lowest BCUT2D eigenvalue weighted by molar-refractivity contribution is -0.146. The third kappa shape index (κ3) is 2.35. The van der Waals surface area contributed by atoms with Crippen LogP contribution in [0.5, 0.6) is 0 Å². The van der Waals surface area contributed by atoms with Gasteiger partial charge in [-0.15, -0.1) is 6.58 Å². The molecule has 18 heavy (non-hydrogen) atoms. The maximum atomic E-state index is 11.9. The van der Waals surface area contributed by atoms with Gasteiger partial charge in [-0.25, -0.2) is 4.79 Å². The van der Waals surface area contributed by atoms with Crippen LogP contribution in [0, 0.1) is 5.92 Å². The van der Waals surface area contributed by atoms with Crippen LogP contribution in [0.3, 0.4) is 0 Å². The molecule has 1 fully saturated rings. The smallest absolute Gasteiger partial charge is 0.334 e. The predicted octanol–water partition coefficient (Wildman–Crippen LogP) is 2.61. The van der Waals surface area contributed by atoms with Crippen molar-refractivity contribution in [2.24, 2.45) is 10.9 Å². The molecule has 1 aromatic carbocycles. The van der Waals surface area contributed by atoms with Crippen molar-refractivity contribution in [2.75, 3.05) is 6.61 Å². The van der Waals surface area contributed by atoms with Crippen molar-refractivity contribution in [3.05, 3.63) is 48.6 Å². The van der Waals surface area contributed by atoms with Crippen LogP contribution < -0.4 is 0 Å². The standard InChI is InChI=1S/C15H17NO2/c1-3-13-10-15(13,14(17)18-4-2)16-11-12-8-6-5-7-9-12/h3,5-9,11,13H,1,4,10H2,2H3/b16-11+. The van der Waals surface area contributed by atoms with E-state index in [-0.39, 0.29) is 11.9 Å². The fourth-order valence-corrected chi connectivity index (χ4v) is 1.98. The van der Waals surface area contributed by atoms with Gasteiger partial charge in [-0.3, -0.25) is 4.99 Å². The van der Waals surface area contributed by atoms with E-state index in [1.54, 1.807) is 19.2 Å². The second kappa shape index (κ2) is 5.17. The summed E-state index contributed by atoms with van der Waals surface area (Å²) in [6.07, 6.45) is 4.21. The second-order valence-corrected chi connectivity index (χ2v) is 4.36. The number of aliphatic imine (C=N–C) groups is 1. The molecule has 1 aliphatic carbocycles. The molecule has 0 aromatic heterocycles. The minimum absolute atomic E-state index is 0.0940. The van der Waals surface area contributed by atoms with Gasteiger partial charge in [0.1, 0.15) is 0 Å². The van der Waals surface area contributed by atoms with Crippen LogP contribution in [0.1, 0.15) is 18.9 Å². The summed E-state index contributed by atoms with van der Waals surface area (Å²) in [4.78, 5) is 16.4. The van der Waals surface area contributed by atoms with E-state index in [2.05, 4.69) is 11.6 Å². The summed E-state index contributed by atoms with van der Waals surface area (Å²) in [6, 6.07) is 9.73. The molecule has 2 rings (SSSR count). The lowest BCUT2D eigenvalue weighted by atomic mass is 10.2. The van der Waals surface area contributed by atoms with E-state index in [9.17, 15) is 4.79 Å². The molecule has 3 nitrogen and oxygen atoms in total. The zero-order valence-electron chi connectivity index (χ0n) is 10.5. The molecule has 0 N–H and O–H groups in total. The van der Waals surface area contributed by atoms with Crippen molar-refractivity contribution in [2.45, 2.75) is 18.9 Å². The van der Waals surface area contributed by atoms with Gasteiger partial charge in [0.05, 0.1) is 6.61 Å². The molecule has 1 aromatic rings. The van der Waals surface area contributed by atoms with E-state index in [0.29, 0.717) is 13.0 Å². The molecule has 1 aliphatic rings. The van der Waals surface area contributed by atoms with Gasteiger partial charge in [0.15, 0.2) is 5.54 Å². The molecule has 0 heterocycles. The number of nitrogens with zero attached hydrogens (tertiary/aromatic N) is 1. The first kappa shape index (κ1) is 12.6. The van der Waals surface area contributed by atoms with Crippen molar-refractivity contribution < 1.29 is 9.53 Å². The van der Waals surface area contributed by atoms with Gasteiger partial charge >= 0.3 is 5.97 Å². The first-order valence-electron chi connectivity index (χ1n) is 6.13. The summed E-state index contributed by atoms with van der Waals surface area (Å²) in [7, 11) is 0. The molecule has 94 valence electrons. The molecule has 0 radical (unpaired) electrons. The quantitative estimate of drug-likeness (QED) is 0.453. The topological polar surface area (TPSA) is 38.7 Å². The molecular formula is C15H17NO2. The van der Waals surface area contributed by atoms with Gasteiger partial charge in [-0.05, 0) is 18.9 Å². The lowest BCUT2D eigenvalue weighted by Gasteiger charge is -2.09. The zero-order chi connectivity index (χ0) is 13.0. The monoisotopic (exact) mass is 243 g/mol. The normalized spacial score (nSPS) is 25.9. The van der Waals surface area contributed by atoms with E-state index in [4.69, 9.17) is 4.74 Å². The van der Waals surface area contributed by atoms with E-state index >= 15 is 0 Å². The molecule has 1 saturated carbocycles. The summed E-state index contributed by atoms with van der Waals surface area (Å²) < 4.78 is 5.09. The number of ether oxygens (including phenoxy) is 1. The van der Waals surface area contributed by atoms with Crippen LogP contribution in [0.25, 0.3) is 0 Å². The number of hydrogen-bond acceptors (Lipinski definition) is 3. The SMILES string of the molecule is C=CC1CC1(/N=C/c1ccccc1)C(=O)OCC. The van der Waals surface area contributed by atoms with Crippen molar-refractivity contribution >= 4 is 12.2 Å². The number of hydrogen-bond donors (Lipinski definition) is 0. The average molecular weight is 243 g/mol. The van der Waals surface area contributed by atoms with E-state index in [0.717, 1.165) is 5.56 Å². The van der Waals surface area contributed by atoms with Crippen molar-refractivity contribution in [1.82, 2.24) is 0 Å². The van der Waals surface area contributed by atoms with Gasteiger partial charge in [-0.2, -0.15) is 0 Å². The lowest BCUT2D eigenvalue weighted by Crippen LogP contribution is -2.25. The number of benzene rings is 1. The Hall–Kier alpha value is -1.90. The molecule has 0 spiro atoms. The molecule has 0 bridgehead atoms. The Morgan fingerprint density at radius 1 is 1.56 bits per heavy atom. The first-order chi connectivity index (χ1) is 8.73. The maximum absolute atomic E-state index is 11.9. The first-order valence-corrected chi connectivity index (χ1v) is 6.13. The van der Waals surface area contributed by atoms with Gasteiger partial charge in [0.2, 0.25) is 0 Å². The Labute approximate surface area is 107 Å². The van der Waals surface area contributed by atoms with Gasteiger partial charge in [0.25, 0.3) is 0 Å². The largest absolute Gasteiger partial charge is 0.464 e. The molecule has 2 unspecified atom stereocenters. The zero-order valence-corrected chi connectivity index (χ0v) is 10.5. The Morgan fingerprint density at radius 2 is 2.28 bits per heavy atom. The average Bonchev–Trinajstić information content (AvgIpc) is 3.13. The van der Waals surface area contributed by atoms with Crippen LogP contribution in [-0.2, 0) is 9.53 Å². The number of carbonyl (C=O) groups excluding carboxylic acids is 1. The minimum atomic E-state index is -0.729.